The van der Waals surface area contributed by atoms with Crippen molar-refractivity contribution in [3.8, 4) is 0 Å². The van der Waals surface area contributed by atoms with Crippen molar-refractivity contribution in [1.82, 2.24) is 9.55 Å². The molecule has 0 spiro atoms. The van der Waals surface area contributed by atoms with Gasteiger partial charge >= 0.3 is 6.18 Å². The standard InChI is InChI=1S/C12H11F3N4O2/c1-18-7-16-5-9(18)6-17-10-3-2-8(12(13,14)15)4-11(10)19(20)21/h2-5,7,17H,6H2,1H3. The van der Waals surface area contributed by atoms with Crippen LogP contribution in [0.1, 0.15) is 11.3 Å². The van der Waals surface area contributed by atoms with E-state index in [4.69, 9.17) is 0 Å². The largest absolute Gasteiger partial charge is 0.416 e. The van der Waals surface area contributed by atoms with Gasteiger partial charge in [0.1, 0.15) is 5.69 Å². The lowest BCUT2D eigenvalue weighted by atomic mass is 10.1. The number of nitrogens with one attached hydrogen (secondary N) is 1. The number of alkyl halides is 3. The van der Waals surface area contributed by atoms with Crippen molar-refractivity contribution in [2.24, 2.45) is 7.05 Å². The highest BCUT2D eigenvalue weighted by Gasteiger charge is 2.33. The number of nitro groups is 1. The van der Waals surface area contributed by atoms with Gasteiger partial charge in [-0.15, -0.1) is 0 Å². The molecule has 2 aromatic rings. The quantitative estimate of drug-likeness (QED) is 0.696. The minimum Gasteiger partial charge on any atom is -0.374 e. The number of nitrogens with zero attached hydrogens (tertiary/aromatic N) is 3. The van der Waals surface area contributed by atoms with E-state index in [2.05, 4.69) is 10.3 Å². The van der Waals surface area contributed by atoms with Gasteiger partial charge in [0.25, 0.3) is 5.69 Å². The fourth-order valence-electron chi connectivity index (χ4n) is 1.75. The molecule has 0 aliphatic carbocycles. The molecule has 9 heteroatoms. The lowest BCUT2D eigenvalue weighted by Gasteiger charge is -2.10. The predicted octanol–water partition coefficient (Wildman–Crippen LogP) is 2.96. The van der Waals surface area contributed by atoms with Gasteiger partial charge in [-0.05, 0) is 12.1 Å². The summed E-state index contributed by atoms with van der Waals surface area (Å²) < 4.78 is 39.4. The van der Waals surface area contributed by atoms with Crippen molar-refractivity contribution in [2.75, 3.05) is 5.32 Å². The summed E-state index contributed by atoms with van der Waals surface area (Å²) in [5.41, 5.74) is -0.911. The maximum Gasteiger partial charge on any atom is 0.416 e. The number of anilines is 1. The monoisotopic (exact) mass is 300 g/mol. The SMILES string of the molecule is Cn1cncc1CNc1ccc(C(F)(F)F)cc1[N+](=O)[O-]. The first-order chi connectivity index (χ1) is 9.79. The maximum absolute atomic E-state index is 12.6. The molecule has 0 radical (unpaired) electrons. The van der Waals surface area contributed by atoms with E-state index >= 15 is 0 Å². The lowest BCUT2D eigenvalue weighted by Crippen LogP contribution is -2.09. The molecular formula is C12H11F3N4O2. The number of imidazole rings is 1. The zero-order chi connectivity index (χ0) is 15.6. The Bertz CT molecular complexity index is 667. The fourth-order valence-corrected chi connectivity index (χ4v) is 1.75. The normalized spacial score (nSPS) is 11.4. The molecule has 0 saturated carbocycles. The second-order valence-electron chi connectivity index (χ2n) is 4.34. The summed E-state index contributed by atoms with van der Waals surface area (Å²) in [4.78, 5) is 13.9. The predicted molar refractivity (Wildman–Crippen MR) is 68.6 cm³/mol. The van der Waals surface area contributed by atoms with Gasteiger partial charge in [0.05, 0.1) is 29.1 Å². The smallest absolute Gasteiger partial charge is 0.374 e. The maximum atomic E-state index is 12.6. The number of hydrogen-bond acceptors (Lipinski definition) is 4. The summed E-state index contributed by atoms with van der Waals surface area (Å²) in [5, 5.41) is 13.7. The summed E-state index contributed by atoms with van der Waals surface area (Å²) in [6.07, 6.45) is -1.51. The van der Waals surface area contributed by atoms with Crippen LogP contribution in [0.15, 0.2) is 30.7 Å². The van der Waals surface area contributed by atoms with Crippen LogP contribution in [0, 0.1) is 10.1 Å². The van der Waals surface area contributed by atoms with E-state index in [-0.39, 0.29) is 12.2 Å². The van der Waals surface area contributed by atoms with Gasteiger partial charge in [0.2, 0.25) is 0 Å². The topological polar surface area (TPSA) is 73.0 Å². The number of aryl methyl sites for hydroxylation is 1. The molecule has 0 atom stereocenters. The molecule has 6 nitrogen and oxygen atoms in total. The number of halogens is 3. The molecule has 0 fully saturated rings. The van der Waals surface area contributed by atoms with E-state index in [1.807, 2.05) is 0 Å². The second kappa shape index (κ2) is 5.43. The number of aromatic nitrogens is 2. The first-order valence-corrected chi connectivity index (χ1v) is 5.83. The third kappa shape index (κ3) is 3.30. The van der Waals surface area contributed by atoms with Crippen molar-refractivity contribution in [2.45, 2.75) is 12.7 Å². The summed E-state index contributed by atoms with van der Waals surface area (Å²) in [6.45, 7) is 0.211. The molecule has 0 saturated heterocycles. The zero-order valence-electron chi connectivity index (χ0n) is 10.9. The molecule has 2 rings (SSSR count). The molecule has 1 N–H and O–H groups in total. The Morgan fingerprint density at radius 2 is 2.14 bits per heavy atom. The summed E-state index contributed by atoms with van der Waals surface area (Å²) in [5.74, 6) is 0. The Morgan fingerprint density at radius 3 is 2.67 bits per heavy atom. The van der Waals surface area contributed by atoms with Crippen molar-refractivity contribution < 1.29 is 18.1 Å². The molecule has 0 bridgehead atoms. The van der Waals surface area contributed by atoms with Crippen LogP contribution in [0.5, 0.6) is 0 Å². The van der Waals surface area contributed by atoms with E-state index in [1.165, 1.54) is 0 Å². The van der Waals surface area contributed by atoms with Crippen LogP contribution in [-0.2, 0) is 19.8 Å². The van der Waals surface area contributed by atoms with Crippen LogP contribution in [0.2, 0.25) is 0 Å². The second-order valence-corrected chi connectivity index (χ2v) is 4.34. The highest BCUT2D eigenvalue weighted by Crippen LogP contribution is 2.35. The number of hydrogen-bond donors (Lipinski definition) is 1. The van der Waals surface area contributed by atoms with E-state index in [0.717, 1.165) is 17.8 Å². The zero-order valence-corrected chi connectivity index (χ0v) is 10.9. The van der Waals surface area contributed by atoms with Gasteiger partial charge < -0.3 is 9.88 Å². The first kappa shape index (κ1) is 14.8. The van der Waals surface area contributed by atoms with Gasteiger partial charge in [0, 0.05) is 19.3 Å². The van der Waals surface area contributed by atoms with Gasteiger partial charge in [-0.1, -0.05) is 0 Å². The van der Waals surface area contributed by atoms with Crippen molar-refractivity contribution in [3.05, 3.63) is 52.1 Å². The minimum absolute atomic E-state index is 0.0224. The molecule has 1 heterocycles. The van der Waals surface area contributed by atoms with Gasteiger partial charge in [0.15, 0.2) is 0 Å². The van der Waals surface area contributed by atoms with Crippen molar-refractivity contribution in [3.63, 3.8) is 0 Å². The Labute approximate surface area is 117 Å². The average Bonchev–Trinajstić information content (AvgIpc) is 2.80. The van der Waals surface area contributed by atoms with Gasteiger partial charge in [-0.25, -0.2) is 4.98 Å². The van der Waals surface area contributed by atoms with E-state index < -0.39 is 22.4 Å². The number of rotatable bonds is 4. The number of nitro benzene ring substituents is 1. The van der Waals surface area contributed by atoms with Crippen LogP contribution < -0.4 is 5.32 Å². The summed E-state index contributed by atoms with van der Waals surface area (Å²) in [7, 11) is 1.74. The molecule has 0 amide bonds. The Hall–Kier alpha value is -2.58. The molecule has 1 aromatic heterocycles. The third-order valence-electron chi connectivity index (χ3n) is 2.90. The molecular weight excluding hydrogens is 289 g/mol. The van der Waals surface area contributed by atoms with Crippen LogP contribution in [0.25, 0.3) is 0 Å². The van der Waals surface area contributed by atoms with Gasteiger partial charge in [-0.3, -0.25) is 10.1 Å². The lowest BCUT2D eigenvalue weighted by molar-refractivity contribution is -0.384. The van der Waals surface area contributed by atoms with Crippen LogP contribution in [0.4, 0.5) is 24.5 Å². The minimum atomic E-state index is -4.62. The summed E-state index contributed by atoms with van der Waals surface area (Å²) >= 11 is 0. The van der Waals surface area contributed by atoms with Crippen LogP contribution in [-0.4, -0.2) is 14.5 Å². The highest BCUT2D eigenvalue weighted by molar-refractivity contribution is 5.63. The Morgan fingerprint density at radius 1 is 1.43 bits per heavy atom. The van der Waals surface area contributed by atoms with Crippen LogP contribution >= 0.6 is 0 Å². The molecule has 112 valence electrons. The first-order valence-electron chi connectivity index (χ1n) is 5.83. The third-order valence-corrected chi connectivity index (χ3v) is 2.90. The highest BCUT2D eigenvalue weighted by atomic mass is 19.4. The Balaban J connectivity index is 2.27. The Kier molecular flexibility index (Phi) is 3.83. The van der Waals surface area contributed by atoms with Crippen LogP contribution in [0.3, 0.4) is 0 Å². The fraction of sp³-hybridized carbons (Fsp3) is 0.250. The molecule has 0 aliphatic heterocycles. The van der Waals surface area contributed by atoms with Crippen molar-refractivity contribution >= 4 is 11.4 Å². The molecule has 21 heavy (non-hydrogen) atoms. The number of benzene rings is 1. The van der Waals surface area contributed by atoms with E-state index in [1.54, 1.807) is 24.1 Å². The average molecular weight is 300 g/mol. The van der Waals surface area contributed by atoms with E-state index in [0.29, 0.717) is 6.07 Å². The van der Waals surface area contributed by atoms with Gasteiger partial charge in [-0.2, -0.15) is 13.2 Å². The molecule has 1 aromatic carbocycles. The summed E-state index contributed by atoms with van der Waals surface area (Å²) in [6, 6.07) is 2.38. The van der Waals surface area contributed by atoms with Crippen molar-refractivity contribution in [1.29, 1.82) is 0 Å². The van der Waals surface area contributed by atoms with E-state index in [9.17, 15) is 23.3 Å². The molecule has 0 unspecified atom stereocenters. The molecule has 0 aliphatic rings.